The van der Waals surface area contributed by atoms with Gasteiger partial charge in [0.05, 0.1) is 5.41 Å². The van der Waals surface area contributed by atoms with Gasteiger partial charge in [0.25, 0.3) is 0 Å². The van der Waals surface area contributed by atoms with Gasteiger partial charge in [-0.2, -0.15) is 0 Å². The zero-order chi connectivity index (χ0) is 10.4. The lowest BCUT2D eigenvalue weighted by atomic mass is 9.82. The lowest BCUT2D eigenvalue weighted by Gasteiger charge is -2.23. The maximum atomic E-state index is 11.1. The highest BCUT2D eigenvalue weighted by Gasteiger charge is 2.40. The van der Waals surface area contributed by atoms with Crippen LogP contribution in [0, 0.1) is 5.41 Å². The summed E-state index contributed by atoms with van der Waals surface area (Å²) in [6.07, 6.45) is 5.51. The number of aliphatic carboxylic acids is 1. The van der Waals surface area contributed by atoms with Crippen molar-refractivity contribution >= 4 is 5.97 Å². The van der Waals surface area contributed by atoms with Gasteiger partial charge in [-0.15, -0.1) is 0 Å². The van der Waals surface area contributed by atoms with Gasteiger partial charge in [-0.3, -0.25) is 4.79 Å². The Kier molecular flexibility index (Phi) is 4.39. The third-order valence-electron chi connectivity index (χ3n) is 3.16. The zero-order valence-electron chi connectivity index (χ0n) is 8.92. The first-order valence-corrected chi connectivity index (χ1v) is 5.52. The molecule has 0 atom stereocenters. The number of carboxylic acids is 1. The Morgan fingerprint density at radius 3 is 2.57 bits per heavy atom. The molecule has 1 N–H and O–H groups in total. The van der Waals surface area contributed by atoms with Gasteiger partial charge in [0, 0.05) is 13.2 Å². The van der Waals surface area contributed by atoms with Crippen LogP contribution in [0.25, 0.3) is 0 Å². The van der Waals surface area contributed by atoms with E-state index in [1.807, 2.05) is 6.92 Å². The monoisotopic (exact) mass is 200 g/mol. The smallest absolute Gasteiger partial charge is 0.309 e. The van der Waals surface area contributed by atoms with Gasteiger partial charge in [0.15, 0.2) is 0 Å². The molecule has 0 heterocycles. The van der Waals surface area contributed by atoms with E-state index in [0.29, 0.717) is 6.61 Å². The van der Waals surface area contributed by atoms with E-state index in [-0.39, 0.29) is 0 Å². The molecule has 1 rings (SSSR count). The molecule has 0 amide bonds. The second-order valence-corrected chi connectivity index (χ2v) is 4.09. The van der Waals surface area contributed by atoms with Crippen LogP contribution in [0.3, 0.4) is 0 Å². The largest absolute Gasteiger partial charge is 0.481 e. The normalized spacial score (nSPS) is 19.8. The molecule has 14 heavy (non-hydrogen) atoms. The second kappa shape index (κ2) is 5.35. The molecule has 1 saturated carbocycles. The Labute approximate surface area is 85.5 Å². The van der Waals surface area contributed by atoms with Crippen molar-refractivity contribution in [1.29, 1.82) is 0 Å². The molecule has 0 radical (unpaired) electrons. The van der Waals surface area contributed by atoms with Crippen LogP contribution in [0.5, 0.6) is 0 Å². The number of hydrogen-bond acceptors (Lipinski definition) is 2. The molecule has 82 valence electrons. The van der Waals surface area contributed by atoms with Crippen molar-refractivity contribution in [3.8, 4) is 0 Å². The van der Waals surface area contributed by atoms with Crippen LogP contribution in [-0.4, -0.2) is 24.3 Å². The first kappa shape index (κ1) is 11.5. The SMILES string of the molecule is CCOCCCC1(C(=O)O)CCCC1. The fourth-order valence-electron chi connectivity index (χ4n) is 2.28. The summed E-state index contributed by atoms with van der Waals surface area (Å²) in [5.41, 5.74) is -0.420. The van der Waals surface area contributed by atoms with Gasteiger partial charge in [0.2, 0.25) is 0 Å². The molecular weight excluding hydrogens is 180 g/mol. The van der Waals surface area contributed by atoms with Gasteiger partial charge in [-0.25, -0.2) is 0 Å². The van der Waals surface area contributed by atoms with E-state index in [1.165, 1.54) is 0 Å². The minimum Gasteiger partial charge on any atom is -0.481 e. The zero-order valence-corrected chi connectivity index (χ0v) is 8.92. The van der Waals surface area contributed by atoms with Crippen molar-refractivity contribution in [2.45, 2.75) is 45.4 Å². The number of ether oxygens (including phenoxy) is 1. The van der Waals surface area contributed by atoms with E-state index in [4.69, 9.17) is 4.74 Å². The van der Waals surface area contributed by atoms with Crippen LogP contribution in [0.2, 0.25) is 0 Å². The van der Waals surface area contributed by atoms with E-state index >= 15 is 0 Å². The minimum absolute atomic E-state index is 0.420. The summed E-state index contributed by atoms with van der Waals surface area (Å²) in [7, 11) is 0. The van der Waals surface area contributed by atoms with Crippen molar-refractivity contribution in [3.05, 3.63) is 0 Å². The molecule has 0 aromatic carbocycles. The van der Waals surface area contributed by atoms with Crippen molar-refractivity contribution < 1.29 is 14.6 Å². The molecule has 0 saturated heterocycles. The molecule has 0 aliphatic heterocycles. The van der Waals surface area contributed by atoms with Gasteiger partial charge >= 0.3 is 5.97 Å². The number of rotatable bonds is 6. The topological polar surface area (TPSA) is 46.5 Å². The summed E-state index contributed by atoms with van der Waals surface area (Å²) in [6.45, 7) is 3.38. The summed E-state index contributed by atoms with van der Waals surface area (Å²) in [4.78, 5) is 11.1. The Balaban J connectivity index is 2.33. The Morgan fingerprint density at radius 2 is 2.07 bits per heavy atom. The van der Waals surface area contributed by atoms with E-state index in [0.717, 1.165) is 45.1 Å². The van der Waals surface area contributed by atoms with E-state index in [2.05, 4.69) is 0 Å². The second-order valence-electron chi connectivity index (χ2n) is 4.09. The van der Waals surface area contributed by atoms with E-state index in [9.17, 15) is 9.90 Å². The van der Waals surface area contributed by atoms with Crippen LogP contribution in [-0.2, 0) is 9.53 Å². The maximum Gasteiger partial charge on any atom is 0.309 e. The number of carboxylic acid groups (broad SMARTS) is 1. The van der Waals surface area contributed by atoms with Gasteiger partial charge in [0.1, 0.15) is 0 Å². The van der Waals surface area contributed by atoms with Crippen LogP contribution in [0.1, 0.15) is 45.4 Å². The van der Waals surface area contributed by atoms with Gasteiger partial charge < -0.3 is 9.84 Å². The fourth-order valence-corrected chi connectivity index (χ4v) is 2.28. The van der Waals surface area contributed by atoms with Crippen molar-refractivity contribution in [3.63, 3.8) is 0 Å². The van der Waals surface area contributed by atoms with Crippen LogP contribution < -0.4 is 0 Å². The first-order chi connectivity index (χ1) is 6.71. The summed E-state index contributed by atoms with van der Waals surface area (Å²) in [5.74, 6) is -0.605. The quantitative estimate of drug-likeness (QED) is 0.670. The molecule has 1 aliphatic rings. The average Bonchev–Trinajstić information content (AvgIpc) is 2.62. The molecule has 0 spiro atoms. The third-order valence-corrected chi connectivity index (χ3v) is 3.16. The summed E-state index contributed by atoms with van der Waals surface area (Å²) in [5, 5.41) is 9.18. The lowest BCUT2D eigenvalue weighted by molar-refractivity contribution is -0.149. The highest BCUT2D eigenvalue weighted by molar-refractivity contribution is 5.74. The molecule has 1 fully saturated rings. The highest BCUT2D eigenvalue weighted by Crippen LogP contribution is 2.42. The molecule has 0 bridgehead atoms. The molecule has 1 aliphatic carbocycles. The molecule has 0 unspecified atom stereocenters. The van der Waals surface area contributed by atoms with E-state index in [1.54, 1.807) is 0 Å². The molecule has 0 aromatic rings. The molecule has 3 heteroatoms. The average molecular weight is 200 g/mol. The molecule has 0 aromatic heterocycles. The van der Waals surface area contributed by atoms with Gasteiger partial charge in [-0.1, -0.05) is 12.8 Å². The predicted molar refractivity (Wildman–Crippen MR) is 54.3 cm³/mol. The van der Waals surface area contributed by atoms with Crippen LogP contribution in [0.4, 0.5) is 0 Å². The summed E-state index contributed by atoms with van der Waals surface area (Å²) in [6, 6.07) is 0. The third kappa shape index (κ3) is 2.71. The number of hydrogen-bond donors (Lipinski definition) is 1. The van der Waals surface area contributed by atoms with Crippen molar-refractivity contribution in [1.82, 2.24) is 0 Å². The van der Waals surface area contributed by atoms with Crippen LogP contribution >= 0.6 is 0 Å². The van der Waals surface area contributed by atoms with Crippen molar-refractivity contribution in [2.75, 3.05) is 13.2 Å². The number of carbonyl (C=O) groups is 1. The van der Waals surface area contributed by atoms with E-state index < -0.39 is 11.4 Å². The Morgan fingerprint density at radius 1 is 1.43 bits per heavy atom. The van der Waals surface area contributed by atoms with Crippen molar-refractivity contribution in [2.24, 2.45) is 5.41 Å². The summed E-state index contributed by atoms with van der Waals surface area (Å²) >= 11 is 0. The standard InChI is InChI=1S/C11H20O3/c1-2-14-9-5-8-11(10(12)13)6-3-4-7-11/h2-9H2,1H3,(H,12,13). The molecular formula is C11H20O3. The Hall–Kier alpha value is -0.570. The van der Waals surface area contributed by atoms with Gasteiger partial charge in [-0.05, 0) is 32.6 Å². The first-order valence-electron chi connectivity index (χ1n) is 5.52. The molecule has 3 nitrogen and oxygen atoms in total. The Bertz CT molecular complexity index is 183. The van der Waals surface area contributed by atoms with Crippen LogP contribution in [0.15, 0.2) is 0 Å². The predicted octanol–water partition coefficient (Wildman–Crippen LogP) is 2.45. The maximum absolute atomic E-state index is 11.1. The lowest BCUT2D eigenvalue weighted by Crippen LogP contribution is -2.28. The minimum atomic E-state index is -0.605. The fraction of sp³-hybridized carbons (Fsp3) is 0.909. The summed E-state index contributed by atoms with van der Waals surface area (Å²) < 4.78 is 5.23. The highest BCUT2D eigenvalue weighted by atomic mass is 16.5.